The smallest absolute Gasteiger partial charge is 0.196 e. The van der Waals surface area contributed by atoms with Gasteiger partial charge in [0.25, 0.3) is 0 Å². The Morgan fingerprint density at radius 3 is 2.19 bits per heavy atom. The predicted octanol–water partition coefficient (Wildman–Crippen LogP) is 5.44. The Bertz CT molecular complexity index is 1150. The van der Waals surface area contributed by atoms with Crippen molar-refractivity contribution in [2.75, 3.05) is 5.75 Å². The molecule has 156 valence electrons. The highest BCUT2D eigenvalue weighted by Gasteiger charge is 2.17. The molecular formula is C25H23N3O2S. The summed E-state index contributed by atoms with van der Waals surface area (Å²) >= 11 is 1.38. The van der Waals surface area contributed by atoms with E-state index in [0.29, 0.717) is 16.5 Å². The Labute approximate surface area is 186 Å². The summed E-state index contributed by atoms with van der Waals surface area (Å²) in [7, 11) is 0. The van der Waals surface area contributed by atoms with Crippen molar-refractivity contribution in [1.29, 1.82) is 0 Å². The van der Waals surface area contributed by atoms with Gasteiger partial charge in [-0.2, -0.15) is 0 Å². The van der Waals surface area contributed by atoms with Crippen LogP contribution in [0.4, 0.5) is 0 Å². The molecule has 0 bridgehead atoms. The number of ether oxygens (including phenoxy) is 1. The van der Waals surface area contributed by atoms with Crippen LogP contribution in [-0.2, 0) is 6.61 Å². The van der Waals surface area contributed by atoms with Crippen LogP contribution in [0.3, 0.4) is 0 Å². The molecule has 1 heterocycles. The first-order chi connectivity index (χ1) is 15.1. The topological polar surface area (TPSA) is 57.0 Å². The highest BCUT2D eigenvalue weighted by atomic mass is 32.2. The van der Waals surface area contributed by atoms with Crippen LogP contribution in [-0.4, -0.2) is 26.3 Å². The number of aromatic nitrogens is 3. The van der Waals surface area contributed by atoms with Crippen LogP contribution in [0, 0.1) is 13.8 Å². The number of carbonyl (C=O) groups excluding carboxylic acids is 1. The lowest BCUT2D eigenvalue weighted by Gasteiger charge is -2.11. The van der Waals surface area contributed by atoms with Crippen LogP contribution in [0.15, 0.2) is 84.0 Å². The molecule has 0 spiro atoms. The summed E-state index contributed by atoms with van der Waals surface area (Å²) in [6.07, 6.45) is 0. The molecule has 1 aromatic heterocycles. The molecule has 3 aromatic carbocycles. The van der Waals surface area contributed by atoms with Crippen LogP contribution in [0.25, 0.3) is 5.69 Å². The zero-order valence-corrected chi connectivity index (χ0v) is 18.3. The van der Waals surface area contributed by atoms with Gasteiger partial charge in [-0.3, -0.25) is 9.36 Å². The van der Waals surface area contributed by atoms with Gasteiger partial charge in [-0.05, 0) is 38.1 Å². The number of para-hydroxylation sites is 1. The van der Waals surface area contributed by atoms with Gasteiger partial charge in [0.15, 0.2) is 16.8 Å². The molecule has 31 heavy (non-hydrogen) atoms. The van der Waals surface area contributed by atoms with Gasteiger partial charge in [-0.25, -0.2) is 0 Å². The number of aryl methyl sites for hydroxylation is 2. The number of carbonyl (C=O) groups is 1. The van der Waals surface area contributed by atoms with E-state index in [0.717, 1.165) is 17.0 Å². The summed E-state index contributed by atoms with van der Waals surface area (Å²) in [6.45, 7) is 4.33. The highest BCUT2D eigenvalue weighted by Crippen LogP contribution is 2.24. The number of rotatable bonds is 8. The third kappa shape index (κ3) is 5.22. The molecule has 0 amide bonds. The second kappa shape index (κ2) is 9.62. The van der Waals surface area contributed by atoms with E-state index in [4.69, 9.17) is 4.74 Å². The maximum absolute atomic E-state index is 12.6. The minimum atomic E-state index is 0.0607. The van der Waals surface area contributed by atoms with Crippen LogP contribution in [0.1, 0.15) is 27.3 Å². The molecule has 0 aliphatic carbocycles. The first kappa shape index (κ1) is 20.9. The molecule has 0 saturated carbocycles. The Balaban J connectivity index is 1.56. The summed E-state index contributed by atoms with van der Waals surface area (Å²) < 4.78 is 7.85. The number of ketones is 1. The molecule has 0 N–H and O–H groups in total. The van der Waals surface area contributed by atoms with Gasteiger partial charge in [-0.15, -0.1) is 10.2 Å². The van der Waals surface area contributed by atoms with E-state index in [1.54, 1.807) is 0 Å². The second-order valence-electron chi connectivity index (χ2n) is 7.25. The maximum atomic E-state index is 12.6. The predicted molar refractivity (Wildman–Crippen MR) is 123 cm³/mol. The molecule has 4 aromatic rings. The van der Waals surface area contributed by atoms with Gasteiger partial charge in [0, 0.05) is 11.3 Å². The molecule has 5 nitrogen and oxygen atoms in total. The van der Waals surface area contributed by atoms with Crippen molar-refractivity contribution < 1.29 is 9.53 Å². The van der Waals surface area contributed by atoms with Gasteiger partial charge < -0.3 is 4.74 Å². The molecule has 0 fully saturated rings. The van der Waals surface area contributed by atoms with E-state index >= 15 is 0 Å². The van der Waals surface area contributed by atoms with Crippen molar-refractivity contribution in [1.82, 2.24) is 14.8 Å². The molecule has 0 aliphatic heterocycles. The summed E-state index contributed by atoms with van der Waals surface area (Å²) in [5.74, 6) is 1.79. The number of hydrogen-bond acceptors (Lipinski definition) is 5. The zero-order valence-electron chi connectivity index (χ0n) is 17.5. The van der Waals surface area contributed by atoms with Gasteiger partial charge in [0.05, 0.1) is 5.75 Å². The molecular weight excluding hydrogens is 406 g/mol. The van der Waals surface area contributed by atoms with E-state index in [1.165, 1.54) is 17.3 Å². The molecule has 6 heteroatoms. The molecule has 0 atom stereocenters. The number of hydrogen-bond donors (Lipinski definition) is 0. The van der Waals surface area contributed by atoms with Crippen molar-refractivity contribution in [3.05, 3.63) is 101 Å². The Morgan fingerprint density at radius 1 is 0.871 bits per heavy atom. The Morgan fingerprint density at radius 2 is 1.52 bits per heavy atom. The molecule has 0 aliphatic rings. The van der Waals surface area contributed by atoms with E-state index in [1.807, 2.05) is 97.3 Å². The largest absolute Gasteiger partial charge is 0.486 e. The minimum absolute atomic E-state index is 0.0607. The fourth-order valence-electron chi connectivity index (χ4n) is 3.06. The molecule has 0 radical (unpaired) electrons. The van der Waals surface area contributed by atoms with Gasteiger partial charge in [0.2, 0.25) is 0 Å². The average molecular weight is 430 g/mol. The summed E-state index contributed by atoms with van der Waals surface area (Å²) in [6, 6.07) is 25.4. The standard InChI is InChI=1S/C25H23N3O2S/c1-18-8-12-20(13-9-18)23(29)17-31-25-27-26-24(16-30-22-6-4-3-5-7-22)28(25)21-14-10-19(2)11-15-21/h3-15H,16-17H2,1-2H3. The van der Waals surface area contributed by atoms with Crippen LogP contribution in [0.5, 0.6) is 5.75 Å². The monoisotopic (exact) mass is 429 g/mol. The van der Waals surface area contributed by atoms with Gasteiger partial charge >= 0.3 is 0 Å². The normalized spacial score (nSPS) is 10.8. The second-order valence-corrected chi connectivity index (χ2v) is 8.19. The molecule has 4 rings (SSSR count). The van der Waals surface area contributed by atoms with E-state index in [2.05, 4.69) is 10.2 Å². The number of thioether (sulfide) groups is 1. The highest BCUT2D eigenvalue weighted by molar-refractivity contribution is 7.99. The third-order valence-electron chi connectivity index (χ3n) is 4.81. The number of benzene rings is 3. The molecule has 0 saturated heterocycles. The lowest BCUT2D eigenvalue weighted by atomic mass is 10.1. The van der Waals surface area contributed by atoms with Crippen molar-refractivity contribution in [2.45, 2.75) is 25.6 Å². The minimum Gasteiger partial charge on any atom is -0.486 e. The zero-order chi connectivity index (χ0) is 21.6. The van der Waals surface area contributed by atoms with Crippen molar-refractivity contribution in [3.8, 4) is 11.4 Å². The fourth-order valence-corrected chi connectivity index (χ4v) is 3.92. The Hall–Kier alpha value is -3.38. The van der Waals surface area contributed by atoms with Crippen molar-refractivity contribution >= 4 is 17.5 Å². The van der Waals surface area contributed by atoms with E-state index in [-0.39, 0.29) is 18.1 Å². The van der Waals surface area contributed by atoms with Crippen molar-refractivity contribution in [3.63, 3.8) is 0 Å². The summed E-state index contributed by atoms with van der Waals surface area (Å²) in [5, 5.41) is 9.36. The fraction of sp³-hybridized carbons (Fsp3) is 0.160. The lowest BCUT2D eigenvalue weighted by molar-refractivity contribution is 0.102. The number of Topliss-reactive ketones (excluding diaryl/α,β-unsaturated/α-hetero) is 1. The van der Waals surface area contributed by atoms with E-state index in [9.17, 15) is 4.79 Å². The lowest BCUT2D eigenvalue weighted by Crippen LogP contribution is -2.08. The quantitative estimate of drug-likeness (QED) is 0.276. The van der Waals surface area contributed by atoms with Crippen LogP contribution < -0.4 is 4.74 Å². The average Bonchev–Trinajstić information content (AvgIpc) is 3.20. The Kier molecular flexibility index (Phi) is 6.48. The van der Waals surface area contributed by atoms with Gasteiger partial charge in [0.1, 0.15) is 12.4 Å². The summed E-state index contributed by atoms with van der Waals surface area (Å²) in [5.41, 5.74) is 3.94. The van der Waals surface area contributed by atoms with Crippen LogP contribution >= 0.6 is 11.8 Å². The van der Waals surface area contributed by atoms with Crippen LogP contribution in [0.2, 0.25) is 0 Å². The summed E-state index contributed by atoms with van der Waals surface area (Å²) in [4.78, 5) is 12.6. The van der Waals surface area contributed by atoms with E-state index < -0.39 is 0 Å². The number of nitrogens with zero attached hydrogens (tertiary/aromatic N) is 3. The third-order valence-corrected chi connectivity index (χ3v) is 5.74. The SMILES string of the molecule is Cc1ccc(C(=O)CSc2nnc(COc3ccccc3)n2-c2ccc(C)cc2)cc1. The maximum Gasteiger partial charge on any atom is 0.196 e. The van der Waals surface area contributed by atoms with Gasteiger partial charge in [-0.1, -0.05) is 77.5 Å². The van der Waals surface area contributed by atoms with Crippen molar-refractivity contribution in [2.24, 2.45) is 0 Å². The molecule has 0 unspecified atom stereocenters. The first-order valence-electron chi connectivity index (χ1n) is 10.0. The first-order valence-corrected chi connectivity index (χ1v) is 11.0.